The van der Waals surface area contributed by atoms with Gasteiger partial charge in [-0.25, -0.2) is 18.7 Å². The number of aliphatic hydroxyl groups is 2. The first-order valence-corrected chi connectivity index (χ1v) is 32.4. The molecule has 8 heterocycles. The van der Waals surface area contributed by atoms with Gasteiger partial charge < -0.3 is 56.7 Å². The molecule has 4 fully saturated rings. The topological polar surface area (TPSA) is 172 Å². The molecule has 0 radical (unpaired) electrons. The standard InChI is InChI=1S/C22H25FN6O2.C21H22FN6O2.2CH4.4CH3.HI.Na.Sn/c1-14-11-15(4-5-17(14)23)19-3-2-8-28(19)20-7-10-29-21(26-20)18(12-24-29)25-22(31)27-9-6-16(30)13-27;22-15-5-3-14(4-6-15)18-2-1-9-27(18)19-8-11-28-20(25-19)17(12-23-28)24-21(30)26-10-7-16(29)13-26;;;;;;;;;/h4-5,7,10-12,16,19,30H,2-3,6,8-9,13H2,1H3,(H,25,31);3-5,8,11-12,16,18,29H,1-2,7,9-10,13H2,(H,24,30);2*1H4;4*1H3;1H;;/q;;;;;;;-1;;+1;/p-1/t16-,19+;16-,18+;;;;;;;;;/m00........./s1. The number of benzene rings is 2. The number of aryl methyl sites for hydroxylation is 1. The minimum atomic E-state index is -2.59. The Morgan fingerprint density at radius 2 is 1.11 bits per heavy atom. The Bertz CT molecular complexity index is 2740. The van der Waals surface area contributed by atoms with E-state index < -0.39 is 30.6 Å². The number of urea groups is 2. The number of aliphatic hydroxyl groups excluding tert-OH is 2. The summed E-state index contributed by atoms with van der Waals surface area (Å²) in [6, 6.07) is 14.5. The maximum absolute atomic E-state index is 14.6. The van der Waals surface area contributed by atoms with Gasteiger partial charge in [0.15, 0.2) is 5.65 Å². The van der Waals surface area contributed by atoms with E-state index in [0.717, 1.165) is 65.1 Å². The Morgan fingerprint density at radius 1 is 0.671 bits per heavy atom. The first kappa shape index (κ1) is 58.7. The minimum absolute atomic E-state index is 0. The molecular weight excluding hydrogens is 1130 g/mol. The van der Waals surface area contributed by atoms with Gasteiger partial charge in [0.1, 0.15) is 17.3 Å². The molecule has 0 aliphatic carbocycles. The summed E-state index contributed by atoms with van der Waals surface area (Å²) in [5.74, 6) is 1.33. The maximum atomic E-state index is 14.6. The van der Waals surface area contributed by atoms with Crippen LogP contribution in [0.2, 0.25) is 14.8 Å². The van der Waals surface area contributed by atoms with Crippen molar-refractivity contribution < 1.29 is 82.1 Å². The van der Waals surface area contributed by atoms with Crippen molar-refractivity contribution in [2.75, 3.05) is 59.7 Å². The zero-order chi connectivity index (χ0) is 45.6. The molecular formula is C49H67F2IN12NaO4Sn-. The molecule has 4 N–H and O–H groups in total. The van der Waals surface area contributed by atoms with Crippen LogP contribution < -0.4 is 77.5 Å². The van der Waals surface area contributed by atoms with E-state index in [-0.39, 0.29) is 112 Å². The molecule has 0 saturated carbocycles. The summed E-state index contributed by atoms with van der Waals surface area (Å²) in [5, 5.41) is 33.8. The predicted molar refractivity (Wildman–Crippen MR) is 267 cm³/mol. The third-order valence-corrected chi connectivity index (χ3v) is 18.6. The van der Waals surface area contributed by atoms with Crippen LogP contribution in [0.1, 0.15) is 82.2 Å². The minimum Gasteiger partial charge on any atom is -1.00 e. The Morgan fingerprint density at radius 3 is 1.53 bits per heavy atom. The van der Waals surface area contributed by atoms with E-state index in [1.807, 2.05) is 42.7 Å². The summed E-state index contributed by atoms with van der Waals surface area (Å²) in [5.41, 5.74) is 5.05. The van der Waals surface area contributed by atoms with Gasteiger partial charge in [-0.15, -0.1) is 0 Å². The smallest absolute Gasteiger partial charge is 1.00 e. The number of halogens is 3. The first-order valence-electron chi connectivity index (χ1n) is 22.5. The molecule has 0 spiro atoms. The fourth-order valence-electron chi connectivity index (χ4n) is 9.43. The predicted octanol–water partition coefficient (Wildman–Crippen LogP) is 2.20. The number of aromatic nitrogens is 6. The van der Waals surface area contributed by atoms with Crippen molar-refractivity contribution in [3.63, 3.8) is 0 Å². The van der Waals surface area contributed by atoms with E-state index in [9.17, 15) is 28.6 Å². The van der Waals surface area contributed by atoms with Crippen LogP contribution in [0, 0.1) is 26.0 Å². The molecule has 4 aliphatic rings. The SMILES string of the molecule is C.C.Cc1cc([C@H]2CCCN2c2ccn3ncc(NC(=O)N4CC[C@H](O)C4)c3n2)ccc1F.[CH3-].[CH3][Sn]([CH3])([CH3])[c]1cc([C@H]2CCCN2c2ccn3ncc(NC(=O)N4CC[C@H](O)C4)c3n2)ccc1F.[I-].[Na+]. The number of hydrogen-bond donors (Lipinski definition) is 4. The number of nitrogens with zero attached hydrogens (tertiary/aromatic N) is 10. The third kappa shape index (κ3) is 12.7. The average Bonchev–Trinajstić information content (AvgIpc) is 4.15. The van der Waals surface area contributed by atoms with Crippen LogP contribution in [-0.2, 0) is 0 Å². The van der Waals surface area contributed by atoms with E-state index in [1.54, 1.807) is 44.2 Å². The third-order valence-electron chi connectivity index (χ3n) is 12.9. The van der Waals surface area contributed by atoms with Crippen LogP contribution >= 0.6 is 0 Å². The Kier molecular flexibility index (Phi) is 20.7. The van der Waals surface area contributed by atoms with Gasteiger partial charge in [-0.05, 0) is 55.9 Å². The summed E-state index contributed by atoms with van der Waals surface area (Å²) >= 11 is -2.59. The van der Waals surface area contributed by atoms with Gasteiger partial charge >= 0.3 is 208 Å². The van der Waals surface area contributed by atoms with Crippen LogP contribution in [0.5, 0.6) is 0 Å². The van der Waals surface area contributed by atoms with E-state index >= 15 is 0 Å². The number of nitrogens with one attached hydrogen (secondary N) is 2. The number of anilines is 4. The fourth-order valence-corrected chi connectivity index (χ4v) is 13.4. The second-order valence-corrected chi connectivity index (χ2v) is 32.9. The van der Waals surface area contributed by atoms with E-state index in [0.29, 0.717) is 67.3 Å². The fraction of sp³-hybridized carbons (Fsp3) is 0.449. The second kappa shape index (κ2) is 24.7. The van der Waals surface area contributed by atoms with Gasteiger partial charge in [-0.1, -0.05) is 27.0 Å². The van der Waals surface area contributed by atoms with Crippen LogP contribution in [0.3, 0.4) is 0 Å². The first-order chi connectivity index (χ1) is 31.2. The number of β-amino-alcohol motifs (C(OH)–C–C–N with tert-alkyl or cyclic N) is 2. The molecule has 374 valence electrons. The largest absolute Gasteiger partial charge is 1.00 e. The van der Waals surface area contributed by atoms with E-state index in [4.69, 9.17) is 9.97 Å². The molecule has 16 nitrogen and oxygen atoms in total. The van der Waals surface area contributed by atoms with Gasteiger partial charge in [0.05, 0.1) is 24.4 Å². The molecule has 0 unspecified atom stereocenters. The van der Waals surface area contributed by atoms with Crippen LogP contribution in [0.15, 0.2) is 73.3 Å². The Hall–Kier alpha value is -3.87. The molecule has 21 heteroatoms. The van der Waals surface area contributed by atoms with Crippen LogP contribution in [0.4, 0.5) is 41.4 Å². The van der Waals surface area contributed by atoms with Crippen molar-refractivity contribution in [2.45, 2.75) is 99.4 Å². The Balaban J connectivity index is 0.000000285. The molecule has 4 amide bonds. The normalized spacial score (nSPS) is 19.6. The van der Waals surface area contributed by atoms with Crippen molar-refractivity contribution >= 4 is 68.3 Å². The van der Waals surface area contributed by atoms with Gasteiger partial charge in [-0.2, -0.15) is 5.10 Å². The van der Waals surface area contributed by atoms with Crippen molar-refractivity contribution in [2.24, 2.45) is 0 Å². The van der Waals surface area contributed by atoms with Gasteiger partial charge in [-0.3, -0.25) is 0 Å². The van der Waals surface area contributed by atoms with E-state index in [2.05, 4.69) is 51.5 Å². The van der Waals surface area contributed by atoms with Crippen LogP contribution in [0.25, 0.3) is 11.3 Å². The summed E-state index contributed by atoms with van der Waals surface area (Å²) < 4.78 is 32.5. The van der Waals surface area contributed by atoms with E-state index in [1.165, 1.54) is 6.07 Å². The van der Waals surface area contributed by atoms with Crippen molar-refractivity contribution in [1.29, 1.82) is 0 Å². The number of likely N-dealkylation sites (tertiary alicyclic amines) is 2. The number of fused-ring (bicyclic) bond motifs is 2. The zero-order valence-corrected chi connectivity index (χ0v) is 46.6. The average molecular weight is 1190 g/mol. The van der Waals surface area contributed by atoms with Crippen molar-refractivity contribution in [1.82, 2.24) is 39.0 Å². The quantitative estimate of drug-likeness (QED) is 0.106. The van der Waals surface area contributed by atoms with Gasteiger partial charge in [0, 0.05) is 38.9 Å². The number of hydrogen-bond acceptors (Lipinski definition) is 10. The maximum Gasteiger partial charge on any atom is 1.00 e. The molecule has 4 aliphatic heterocycles. The van der Waals surface area contributed by atoms with Crippen LogP contribution in [-0.4, -0.2) is 131 Å². The summed E-state index contributed by atoms with van der Waals surface area (Å²) in [6.45, 7) is 5.21. The number of carbonyl (C=O) groups excluding carboxylic acids is 2. The molecule has 6 aromatic rings. The monoisotopic (exact) mass is 1200 g/mol. The molecule has 10 rings (SSSR count). The zero-order valence-electron chi connectivity index (χ0n) is 39.5. The van der Waals surface area contributed by atoms with Crippen molar-refractivity contribution in [3.8, 4) is 0 Å². The number of rotatable bonds is 7. The second-order valence-electron chi connectivity index (χ2n) is 18.6. The van der Waals surface area contributed by atoms with Gasteiger partial charge in [0.25, 0.3) is 0 Å². The van der Waals surface area contributed by atoms with Crippen molar-refractivity contribution in [3.05, 3.63) is 109 Å². The summed E-state index contributed by atoms with van der Waals surface area (Å²) in [6.07, 6.45) is 11.1. The summed E-state index contributed by atoms with van der Waals surface area (Å²) in [4.78, 5) is 49.2. The molecule has 2 aromatic carbocycles. The van der Waals surface area contributed by atoms with Gasteiger partial charge in [0.2, 0.25) is 0 Å². The summed E-state index contributed by atoms with van der Waals surface area (Å²) in [7, 11) is 0. The number of carbonyl (C=O) groups is 2. The molecule has 4 saturated heterocycles. The molecule has 70 heavy (non-hydrogen) atoms. The molecule has 4 aromatic heterocycles. The Labute approximate surface area is 453 Å². The number of amides is 4. The molecule has 0 bridgehead atoms. The molecule has 4 atom stereocenters.